The second kappa shape index (κ2) is 9.47. The average Bonchev–Trinajstić information content (AvgIpc) is 2.57. The number of rotatable bonds is 8. The van der Waals surface area contributed by atoms with Crippen LogP contribution < -0.4 is 10.6 Å². The highest BCUT2D eigenvalue weighted by atomic mass is 35.5. The Balaban J connectivity index is 1.82. The molecule has 0 fully saturated rings. The van der Waals surface area contributed by atoms with Gasteiger partial charge in [0.25, 0.3) is 5.91 Å². The molecule has 1 heterocycles. The third-order valence-electron chi connectivity index (χ3n) is 3.33. The molecule has 2 aromatic rings. The zero-order valence-corrected chi connectivity index (χ0v) is 14.8. The number of pyridine rings is 1. The van der Waals surface area contributed by atoms with Crippen LogP contribution in [0.5, 0.6) is 0 Å². The number of aromatic nitrogens is 1. The molecule has 0 saturated carbocycles. The normalized spacial score (nSPS) is 10.5. The molecule has 24 heavy (non-hydrogen) atoms. The summed E-state index contributed by atoms with van der Waals surface area (Å²) < 4.78 is 4.89. The Kier molecular flexibility index (Phi) is 7.31. The van der Waals surface area contributed by atoms with Crippen molar-refractivity contribution >= 4 is 34.9 Å². The molecule has 1 aromatic heterocycles. The maximum atomic E-state index is 11.8. The highest BCUT2D eigenvalue weighted by molar-refractivity contribution is 6.35. The molecule has 128 valence electrons. The number of halogens is 2. The van der Waals surface area contributed by atoms with E-state index >= 15 is 0 Å². The summed E-state index contributed by atoms with van der Waals surface area (Å²) in [5.74, 6) is 0.535. The Hall–Kier alpha value is -1.82. The molecule has 2 rings (SSSR count). The second-order valence-electron chi connectivity index (χ2n) is 5.09. The summed E-state index contributed by atoms with van der Waals surface area (Å²) in [6.45, 7) is 1.62. The van der Waals surface area contributed by atoms with E-state index in [0.717, 1.165) is 12.0 Å². The Bertz CT molecular complexity index is 678. The van der Waals surface area contributed by atoms with Crippen molar-refractivity contribution in [1.82, 2.24) is 10.3 Å². The van der Waals surface area contributed by atoms with E-state index in [-0.39, 0.29) is 5.91 Å². The highest BCUT2D eigenvalue weighted by Crippen LogP contribution is 2.21. The first-order chi connectivity index (χ1) is 11.6. The lowest BCUT2D eigenvalue weighted by atomic mass is 10.1. The van der Waals surface area contributed by atoms with Gasteiger partial charge in [-0.2, -0.15) is 0 Å². The molecule has 1 aromatic carbocycles. The second-order valence-corrected chi connectivity index (χ2v) is 5.94. The van der Waals surface area contributed by atoms with E-state index in [4.69, 9.17) is 27.9 Å². The van der Waals surface area contributed by atoms with Gasteiger partial charge in [-0.25, -0.2) is 4.98 Å². The lowest BCUT2D eigenvalue weighted by Gasteiger charge is -2.08. The summed E-state index contributed by atoms with van der Waals surface area (Å²) in [6, 6.07) is 8.96. The Morgan fingerprint density at radius 3 is 2.71 bits per heavy atom. The number of hydrogen-bond donors (Lipinski definition) is 2. The van der Waals surface area contributed by atoms with Gasteiger partial charge < -0.3 is 15.4 Å². The standard InChI is InChI=1S/C17H19Cl2N3O2/c1-24-9-8-21-17(23)13-3-5-16(22-11-13)20-7-6-12-2-4-14(18)10-15(12)19/h2-5,10-11H,6-9H2,1H3,(H,20,22)(H,21,23). The van der Waals surface area contributed by atoms with Crippen molar-refractivity contribution in [1.29, 1.82) is 0 Å². The zero-order chi connectivity index (χ0) is 17.4. The van der Waals surface area contributed by atoms with Gasteiger partial charge in [-0.3, -0.25) is 4.79 Å². The van der Waals surface area contributed by atoms with E-state index in [2.05, 4.69) is 15.6 Å². The summed E-state index contributed by atoms with van der Waals surface area (Å²) in [6.07, 6.45) is 2.29. The maximum absolute atomic E-state index is 11.8. The number of hydrogen-bond acceptors (Lipinski definition) is 4. The number of nitrogens with one attached hydrogen (secondary N) is 2. The van der Waals surface area contributed by atoms with Crippen LogP contribution in [0.1, 0.15) is 15.9 Å². The molecule has 0 atom stereocenters. The van der Waals surface area contributed by atoms with Crippen LogP contribution in [-0.2, 0) is 11.2 Å². The fourth-order valence-electron chi connectivity index (χ4n) is 2.05. The van der Waals surface area contributed by atoms with E-state index in [1.807, 2.05) is 12.1 Å². The first-order valence-electron chi connectivity index (χ1n) is 7.51. The van der Waals surface area contributed by atoms with E-state index in [1.54, 1.807) is 31.5 Å². The number of benzene rings is 1. The topological polar surface area (TPSA) is 63.2 Å². The van der Waals surface area contributed by atoms with Crippen molar-refractivity contribution in [2.75, 3.05) is 32.1 Å². The highest BCUT2D eigenvalue weighted by Gasteiger charge is 2.06. The molecule has 5 nitrogen and oxygen atoms in total. The van der Waals surface area contributed by atoms with Crippen LogP contribution in [0.15, 0.2) is 36.5 Å². The quantitative estimate of drug-likeness (QED) is 0.701. The van der Waals surface area contributed by atoms with Crippen LogP contribution in [-0.4, -0.2) is 37.7 Å². The largest absolute Gasteiger partial charge is 0.383 e. The number of methoxy groups -OCH3 is 1. The SMILES string of the molecule is COCCNC(=O)c1ccc(NCCc2ccc(Cl)cc2Cl)nc1. The van der Waals surface area contributed by atoms with Crippen molar-refractivity contribution in [2.45, 2.75) is 6.42 Å². The van der Waals surface area contributed by atoms with Crippen molar-refractivity contribution in [3.05, 3.63) is 57.7 Å². The van der Waals surface area contributed by atoms with Gasteiger partial charge in [-0.15, -0.1) is 0 Å². The van der Waals surface area contributed by atoms with E-state index in [1.165, 1.54) is 0 Å². The molecule has 1 amide bonds. The lowest BCUT2D eigenvalue weighted by Crippen LogP contribution is -2.27. The summed E-state index contributed by atoms with van der Waals surface area (Å²) in [7, 11) is 1.59. The minimum atomic E-state index is -0.168. The zero-order valence-electron chi connectivity index (χ0n) is 13.3. The number of anilines is 1. The average molecular weight is 368 g/mol. The summed E-state index contributed by atoms with van der Waals surface area (Å²) >= 11 is 12.0. The first-order valence-corrected chi connectivity index (χ1v) is 8.26. The number of ether oxygens (including phenoxy) is 1. The monoisotopic (exact) mass is 367 g/mol. The molecule has 0 aliphatic carbocycles. The van der Waals surface area contributed by atoms with Crippen LogP contribution in [0.25, 0.3) is 0 Å². The number of nitrogens with zero attached hydrogens (tertiary/aromatic N) is 1. The lowest BCUT2D eigenvalue weighted by molar-refractivity contribution is 0.0937. The van der Waals surface area contributed by atoms with Gasteiger partial charge in [0.05, 0.1) is 12.2 Å². The molecule has 0 aliphatic heterocycles. The first kappa shape index (κ1) is 18.5. The number of carbonyl (C=O) groups is 1. The van der Waals surface area contributed by atoms with Gasteiger partial charge in [0.1, 0.15) is 5.82 Å². The Labute approximate surface area is 151 Å². The minimum absolute atomic E-state index is 0.168. The molecule has 0 bridgehead atoms. The summed E-state index contributed by atoms with van der Waals surface area (Å²) in [4.78, 5) is 16.1. The van der Waals surface area contributed by atoms with Gasteiger partial charge in [-0.05, 0) is 36.2 Å². The Morgan fingerprint density at radius 1 is 1.21 bits per heavy atom. The predicted octanol–water partition coefficient (Wildman–Crippen LogP) is 3.42. The van der Waals surface area contributed by atoms with Crippen molar-refractivity contribution in [3.8, 4) is 0 Å². The van der Waals surface area contributed by atoms with Crippen molar-refractivity contribution in [3.63, 3.8) is 0 Å². The van der Waals surface area contributed by atoms with Gasteiger partial charge >= 0.3 is 0 Å². The molecule has 0 spiro atoms. The number of amides is 1. The maximum Gasteiger partial charge on any atom is 0.252 e. The fourth-order valence-corrected chi connectivity index (χ4v) is 2.55. The van der Waals surface area contributed by atoms with Gasteiger partial charge in [0, 0.05) is 36.4 Å². The Morgan fingerprint density at radius 2 is 2.04 bits per heavy atom. The molecule has 0 unspecified atom stereocenters. The van der Waals surface area contributed by atoms with Gasteiger partial charge in [0.2, 0.25) is 0 Å². The van der Waals surface area contributed by atoms with Crippen molar-refractivity contribution < 1.29 is 9.53 Å². The van der Waals surface area contributed by atoms with E-state index in [0.29, 0.717) is 41.1 Å². The molecule has 0 aliphatic rings. The summed E-state index contributed by atoms with van der Waals surface area (Å²) in [5.41, 5.74) is 1.53. The molecule has 0 saturated heterocycles. The van der Waals surface area contributed by atoms with E-state index in [9.17, 15) is 4.79 Å². The van der Waals surface area contributed by atoms with Crippen LogP contribution >= 0.6 is 23.2 Å². The van der Waals surface area contributed by atoms with E-state index < -0.39 is 0 Å². The van der Waals surface area contributed by atoms with Crippen LogP contribution in [0.3, 0.4) is 0 Å². The molecular formula is C17H19Cl2N3O2. The van der Waals surface area contributed by atoms with Crippen molar-refractivity contribution in [2.24, 2.45) is 0 Å². The molecule has 0 radical (unpaired) electrons. The molecular weight excluding hydrogens is 349 g/mol. The fraction of sp³-hybridized carbons (Fsp3) is 0.294. The van der Waals surface area contributed by atoms with Crippen LogP contribution in [0.4, 0.5) is 5.82 Å². The molecule has 2 N–H and O–H groups in total. The van der Waals surface area contributed by atoms with Gasteiger partial charge in [0.15, 0.2) is 0 Å². The molecule has 7 heteroatoms. The third-order valence-corrected chi connectivity index (χ3v) is 3.92. The summed E-state index contributed by atoms with van der Waals surface area (Å²) in [5, 5.41) is 7.22. The third kappa shape index (κ3) is 5.67. The van der Waals surface area contributed by atoms with Gasteiger partial charge in [-0.1, -0.05) is 29.3 Å². The van der Waals surface area contributed by atoms with Crippen LogP contribution in [0, 0.1) is 0 Å². The smallest absolute Gasteiger partial charge is 0.252 e. The minimum Gasteiger partial charge on any atom is -0.383 e. The predicted molar refractivity (Wildman–Crippen MR) is 97.1 cm³/mol. The number of carbonyl (C=O) groups excluding carboxylic acids is 1. The van der Waals surface area contributed by atoms with Crippen LogP contribution in [0.2, 0.25) is 10.0 Å².